The molecule has 0 radical (unpaired) electrons. The Kier molecular flexibility index (Phi) is 7.58. The van der Waals surface area contributed by atoms with Gasteiger partial charge in [0.05, 0.1) is 22.5 Å². The van der Waals surface area contributed by atoms with E-state index in [2.05, 4.69) is 4.98 Å². The normalized spacial score (nSPS) is 26.5. The smallest absolute Gasteiger partial charge is 0.437 e. The number of rotatable bonds is 5. The van der Waals surface area contributed by atoms with Gasteiger partial charge in [0.25, 0.3) is 0 Å². The van der Waals surface area contributed by atoms with Gasteiger partial charge in [0, 0.05) is 18.2 Å². The summed E-state index contributed by atoms with van der Waals surface area (Å²) in [6.07, 6.45) is -12.4. The van der Waals surface area contributed by atoms with Crippen LogP contribution in [0.15, 0.2) is 47.4 Å². The molecule has 1 saturated carbocycles. The zero-order valence-electron chi connectivity index (χ0n) is 22.5. The van der Waals surface area contributed by atoms with Crippen molar-refractivity contribution in [3.63, 3.8) is 0 Å². The number of hydrogen-bond donors (Lipinski definition) is 1. The molecule has 234 valence electrons. The van der Waals surface area contributed by atoms with Crippen LogP contribution in [0.3, 0.4) is 0 Å². The minimum absolute atomic E-state index is 0.0756. The average Bonchev–Trinajstić information content (AvgIpc) is 3.37. The van der Waals surface area contributed by atoms with Gasteiger partial charge in [0.1, 0.15) is 4.75 Å². The minimum Gasteiger partial charge on any atom is -0.481 e. The van der Waals surface area contributed by atoms with Crippen molar-refractivity contribution in [1.29, 1.82) is 0 Å². The zero-order chi connectivity index (χ0) is 31.6. The molecule has 2 aliphatic carbocycles. The fourth-order valence-electron chi connectivity index (χ4n) is 6.91. The second kappa shape index (κ2) is 10.4. The standard InChI is InChI=1S/C28H27F7N2O5S/c29-26(27(30,31)32,28(33,34)35)21-12-10-19-20(36-21)11-13-22-25(19,43(41,42)18-4-2-1-3-5-18)14-15-37(22)23(38)16-6-8-17(9-7-16)24(39)40/h1-5,10,12,16-17,22H,6-9,11,13-15H2,(H,39,40)/t16-,17-,22?,25?. The highest BCUT2D eigenvalue weighted by molar-refractivity contribution is 7.92. The number of likely N-dealkylation sites (tertiary alicyclic amines) is 1. The summed E-state index contributed by atoms with van der Waals surface area (Å²) in [4.78, 5) is 29.8. The van der Waals surface area contributed by atoms with Gasteiger partial charge in [-0.2, -0.15) is 26.3 Å². The molecule has 15 heteroatoms. The number of halogens is 7. The SMILES string of the molecule is O=C(O)[C@H]1CC[C@H](C(=O)N2CCC3(S(=O)(=O)c4ccccc4)c4ccc(C(F)(C(F)(F)F)C(F)(F)F)nc4CCC23)CC1. The van der Waals surface area contributed by atoms with Gasteiger partial charge in [-0.25, -0.2) is 12.8 Å². The zero-order valence-corrected chi connectivity index (χ0v) is 23.3. The molecule has 3 aliphatic rings. The first kappa shape index (κ1) is 31.2. The molecule has 1 aromatic heterocycles. The maximum atomic E-state index is 14.9. The van der Waals surface area contributed by atoms with Crippen LogP contribution >= 0.6 is 0 Å². The number of nitrogens with zero attached hydrogens (tertiary/aromatic N) is 2. The quantitative estimate of drug-likeness (QED) is 0.436. The summed E-state index contributed by atoms with van der Waals surface area (Å²) >= 11 is 0. The number of aryl methyl sites for hydroxylation is 1. The molecule has 2 unspecified atom stereocenters. The van der Waals surface area contributed by atoms with Crippen LogP contribution in [0.4, 0.5) is 30.7 Å². The summed E-state index contributed by atoms with van der Waals surface area (Å²) in [6, 6.07) is 7.01. The van der Waals surface area contributed by atoms with Crippen LogP contribution in [-0.2, 0) is 36.3 Å². The second-order valence-corrected chi connectivity index (χ2v) is 13.5. The number of benzene rings is 1. The number of alkyl halides is 7. The Morgan fingerprint density at radius 2 is 1.44 bits per heavy atom. The van der Waals surface area contributed by atoms with Gasteiger partial charge in [-0.15, -0.1) is 0 Å². The van der Waals surface area contributed by atoms with Crippen LogP contribution in [0.1, 0.15) is 55.5 Å². The predicted octanol–water partition coefficient (Wildman–Crippen LogP) is 5.48. The monoisotopic (exact) mass is 636 g/mol. The molecule has 1 amide bonds. The summed E-state index contributed by atoms with van der Waals surface area (Å²) in [5, 5.41) is 9.30. The Bertz CT molecular complexity index is 1510. The molecule has 1 aromatic carbocycles. The Morgan fingerprint density at radius 1 is 0.860 bits per heavy atom. The predicted molar refractivity (Wildman–Crippen MR) is 136 cm³/mol. The Morgan fingerprint density at radius 3 is 2.00 bits per heavy atom. The second-order valence-electron chi connectivity index (χ2n) is 11.3. The van der Waals surface area contributed by atoms with E-state index < -0.39 is 67.8 Å². The molecule has 2 heterocycles. The largest absolute Gasteiger partial charge is 0.481 e. The van der Waals surface area contributed by atoms with Crippen molar-refractivity contribution in [2.45, 2.75) is 78.7 Å². The van der Waals surface area contributed by atoms with Crippen molar-refractivity contribution in [3.05, 3.63) is 59.4 Å². The Hall–Kier alpha value is -3.23. The van der Waals surface area contributed by atoms with Crippen molar-refractivity contribution < 1.29 is 53.8 Å². The number of fused-ring (bicyclic) bond motifs is 3. The van der Waals surface area contributed by atoms with Gasteiger partial charge in [-0.1, -0.05) is 24.3 Å². The van der Waals surface area contributed by atoms with Crippen LogP contribution in [0, 0.1) is 11.8 Å². The molecule has 1 N–H and O–H groups in total. The first-order valence-corrected chi connectivity index (χ1v) is 15.1. The lowest BCUT2D eigenvalue weighted by Crippen LogP contribution is -2.54. The van der Waals surface area contributed by atoms with Crippen molar-refractivity contribution in [2.24, 2.45) is 11.8 Å². The van der Waals surface area contributed by atoms with Crippen molar-refractivity contribution in [3.8, 4) is 0 Å². The number of carboxylic acid groups (broad SMARTS) is 1. The molecule has 5 rings (SSSR count). The summed E-state index contributed by atoms with van der Waals surface area (Å²) in [6.45, 7) is -0.0756. The van der Waals surface area contributed by atoms with E-state index in [1.165, 1.54) is 29.2 Å². The van der Waals surface area contributed by atoms with Crippen LogP contribution in [0.2, 0.25) is 0 Å². The fraction of sp³-hybridized carbons (Fsp3) is 0.536. The summed E-state index contributed by atoms with van der Waals surface area (Å²) < 4.78 is 123. The third-order valence-electron chi connectivity index (χ3n) is 9.10. The number of sulfone groups is 1. The summed E-state index contributed by atoms with van der Waals surface area (Å²) in [7, 11) is -4.45. The van der Waals surface area contributed by atoms with Crippen molar-refractivity contribution in [1.82, 2.24) is 9.88 Å². The van der Waals surface area contributed by atoms with Crippen LogP contribution in [0.25, 0.3) is 0 Å². The van der Waals surface area contributed by atoms with E-state index in [0.717, 1.165) is 6.07 Å². The summed E-state index contributed by atoms with van der Waals surface area (Å²) in [5.41, 5.74) is -8.32. The highest BCUT2D eigenvalue weighted by Crippen LogP contribution is 2.56. The van der Waals surface area contributed by atoms with Crippen LogP contribution in [0.5, 0.6) is 0 Å². The first-order valence-electron chi connectivity index (χ1n) is 13.6. The molecule has 7 nitrogen and oxygen atoms in total. The number of carbonyl (C=O) groups is 2. The number of pyridine rings is 1. The molecule has 2 atom stereocenters. The molecule has 0 spiro atoms. The van der Waals surface area contributed by atoms with Gasteiger partial charge in [0.15, 0.2) is 9.84 Å². The van der Waals surface area contributed by atoms with Gasteiger partial charge in [0.2, 0.25) is 5.91 Å². The molecule has 1 aliphatic heterocycles. The van der Waals surface area contributed by atoms with E-state index in [1.54, 1.807) is 6.07 Å². The van der Waals surface area contributed by atoms with Crippen molar-refractivity contribution >= 4 is 21.7 Å². The number of hydrogen-bond acceptors (Lipinski definition) is 5. The number of carboxylic acids is 1. The number of amides is 1. The molecule has 2 fully saturated rings. The third-order valence-corrected chi connectivity index (χ3v) is 11.6. The number of aliphatic carboxylic acids is 1. The lowest BCUT2D eigenvalue weighted by molar-refractivity contribution is -0.350. The number of carbonyl (C=O) groups excluding carboxylic acids is 1. The van der Waals surface area contributed by atoms with Crippen molar-refractivity contribution in [2.75, 3.05) is 6.54 Å². The molecule has 43 heavy (non-hydrogen) atoms. The van der Waals surface area contributed by atoms with E-state index in [-0.39, 0.29) is 73.9 Å². The maximum absolute atomic E-state index is 14.9. The van der Waals surface area contributed by atoms with E-state index in [0.29, 0.717) is 0 Å². The lowest BCUT2D eigenvalue weighted by Gasteiger charge is -2.43. The topological polar surface area (TPSA) is 105 Å². The van der Waals surface area contributed by atoms with E-state index in [1.807, 2.05) is 0 Å². The molecular weight excluding hydrogens is 609 g/mol. The summed E-state index contributed by atoms with van der Waals surface area (Å²) in [5.74, 6) is -2.52. The molecular formula is C28H27F7N2O5S. The highest BCUT2D eigenvalue weighted by Gasteiger charge is 2.75. The molecule has 0 bridgehead atoms. The maximum Gasteiger partial charge on any atom is 0.437 e. The Balaban J connectivity index is 1.61. The van der Waals surface area contributed by atoms with E-state index >= 15 is 0 Å². The number of aromatic nitrogens is 1. The van der Waals surface area contributed by atoms with Gasteiger partial charge >= 0.3 is 24.0 Å². The third kappa shape index (κ3) is 4.69. The van der Waals surface area contributed by atoms with Gasteiger partial charge in [-0.05, 0) is 68.7 Å². The highest BCUT2D eigenvalue weighted by atomic mass is 32.2. The van der Waals surface area contributed by atoms with E-state index in [4.69, 9.17) is 0 Å². The lowest BCUT2D eigenvalue weighted by atomic mass is 9.79. The Labute approximate surface area is 242 Å². The van der Waals surface area contributed by atoms with Gasteiger partial charge < -0.3 is 10.0 Å². The average molecular weight is 637 g/mol. The van der Waals surface area contributed by atoms with E-state index in [9.17, 15) is 53.8 Å². The van der Waals surface area contributed by atoms with Gasteiger partial charge in [-0.3, -0.25) is 14.6 Å². The molecule has 1 saturated heterocycles. The van der Waals surface area contributed by atoms with Crippen LogP contribution < -0.4 is 0 Å². The fourth-order valence-corrected chi connectivity index (χ4v) is 9.29. The minimum atomic E-state index is -6.40. The first-order chi connectivity index (χ1) is 20.0. The van der Waals surface area contributed by atoms with Crippen LogP contribution in [-0.4, -0.2) is 60.2 Å². The molecule has 2 aromatic rings.